The van der Waals surface area contributed by atoms with Crippen molar-refractivity contribution >= 4 is 17.4 Å². The van der Waals surface area contributed by atoms with Gasteiger partial charge in [0.05, 0.1) is 11.3 Å². The highest BCUT2D eigenvalue weighted by atomic mass is 32.2. The Morgan fingerprint density at radius 1 is 1.31 bits per heavy atom. The van der Waals surface area contributed by atoms with E-state index in [2.05, 4.69) is 5.32 Å². The molecule has 0 atom stereocenters. The highest BCUT2D eigenvalue weighted by Gasteiger charge is 2.37. The van der Waals surface area contributed by atoms with Crippen LogP contribution < -0.4 is 5.32 Å². The molecule has 2 rings (SSSR count). The summed E-state index contributed by atoms with van der Waals surface area (Å²) in [4.78, 5) is 0.672. The van der Waals surface area contributed by atoms with Gasteiger partial charge in [-0.25, -0.2) is 0 Å². The molecule has 1 aromatic rings. The molecular formula is C11H12F3NS. The molecule has 0 bridgehead atoms. The molecule has 0 saturated carbocycles. The molecule has 1 aromatic carbocycles. The normalized spacial score (nSPS) is 18.8. The van der Waals surface area contributed by atoms with Gasteiger partial charge in [0.25, 0.3) is 0 Å². The van der Waals surface area contributed by atoms with Gasteiger partial charge in [-0.3, -0.25) is 0 Å². The van der Waals surface area contributed by atoms with Crippen molar-refractivity contribution in [2.75, 3.05) is 11.9 Å². The standard InChI is InChI=1S/C11H12F3NS/c1-10(2)6-15-9-7(11(12,13)14)4-3-5-8(9)16-10/h3-5,15H,6H2,1-2H3. The Morgan fingerprint density at radius 2 is 2.00 bits per heavy atom. The fraction of sp³-hybridized carbons (Fsp3) is 0.455. The highest BCUT2D eigenvalue weighted by Crippen LogP contribution is 2.46. The van der Waals surface area contributed by atoms with Crippen LogP contribution >= 0.6 is 11.8 Å². The van der Waals surface area contributed by atoms with Crippen LogP contribution in [-0.4, -0.2) is 11.3 Å². The predicted octanol–water partition coefficient (Wildman–Crippen LogP) is 4.00. The van der Waals surface area contributed by atoms with E-state index in [-0.39, 0.29) is 10.4 Å². The lowest BCUT2D eigenvalue weighted by atomic mass is 10.1. The Balaban J connectivity index is 2.47. The van der Waals surface area contributed by atoms with E-state index in [1.165, 1.54) is 17.8 Å². The van der Waals surface area contributed by atoms with Gasteiger partial charge in [-0.05, 0) is 26.0 Å². The maximum absolute atomic E-state index is 12.7. The van der Waals surface area contributed by atoms with Gasteiger partial charge >= 0.3 is 6.18 Å². The second-order valence-electron chi connectivity index (χ2n) is 4.39. The third-order valence-electron chi connectivity index (χ3n) is 2.41. The Morgan fingerprint density at radius 3 is 2.62 bits per heavy atom. The molecule has 1 N–H and O–H groups in total. The summed E-state index contributed by atoms with van der Waals surface area (Å²) in [6, 6.07) is 4.30. The van der Waals surface area contributed by atoms with Crippen LogP contribution in [0.15, 0.2) is 23.1 Å². The average Bonchev–Trinajstić information content (AvgIpc) is 2.13. The molecule has 0 spiro atoms. The molecule has 0 aliphatic carbocycles. The molecule has 5 heteroatoms. The summed E-state index contributed by atoms with van der Waals surface area (Å²) < 4.78 is 38.1. The SMILES string of the molecule is CC1(C)CNc2c(cccc2C(F)(F)F)S1. The third-order valence-corrected chi connectivity index (χ3v) is 3.67. The number of halogens is 3. The molecule has 1 aliphatic rings. The number of benzene rings is 1. The van der Waals surface area contributed by atoms with Crippen molar-refractivity contribution < 1.29 is 13.2 Å². The van der Waals surface area contributed by atoms with Crippen LogP contribution in [0.3, 0.4) is 0 Å². The molecule has 16 heavy (non-hydrogen) atoms. The van der Waals surface area contributed by atoms with E-state index in [1.807, 2.05) is 13.8 Å². The lowest BCUT2D eigenvalue weighted by Crippen LogP contribution is -2.31. The van der Waals surface area contributed by atoms with Crippen molar-refractivity contribution in [1.82, 2.24) is 0 Å². The van der Waals surface area contributed by atoms with Gasteiger partial charge in [-0.1, -0.05) is 6.07 Å². The van der Waals surface area contributed by atoms with Gasteiger partial charge in [0, 0.05) is 16.2 Å². The molecule has 0 saturated heterocycles. The van der Waals surface area contributed by atoms with Crippen LogP contribution in [-0.2, 0) is 6.18 Å². The van der Waals surface area contributed by atoms with Crippen molar-refractivity contribution in [2.45, 2.75) is 29.7 Å². The molecule has 0 fully saturated rings. The van der Waals surface area contributed by atoms with Gasteiger partial charge in [0.1, 0.15) is 0 Å². The molecule has 1 nitrogen and oxygen atoms in total. The summed E-state index contributed by atoms with van der Waals surface area (Å²) in [6.07, 6.45) is -4.29. The number of nitrogens with one attached hydrogen (secondary N) is 1. The minimum absolute atomic E-state index is 0.0722. The van der Waals surface area contributed by atoms with Crippen molar-refractivity contribution in [3.63, 3.8) is 0 Å². The van der Waals surface area contributed by atoms with Crippen LogP contribution in [0, 0.1) is 0 Å². The fourth-order valence-corrected chi connectivity index (χ4v) is 2.84. The quantitative estimate of drug-likeness (QED) is 0.743. The van der Waals surface area contributed by atoms with E-state index in [0.29, 0.717) is 11.4 Å². The molecule has 0 aromatic heterocycles. The number of fused-ring (bicyclic) bond motifs is 1. The van der Waals surface area contributed by atoms with Crippen LogP contribution in [0.25, 0.3) is 0 Å². The minimum atomic E-state index is -4.29. The summed E-state index contributed by atoms with van der Waals surface area (Å²) in [7, 11) is 0. The monoisotopic (exact) mass is 247 g/mol. The minimum Gasteiger partial charge on any atom is -0.382 e. The topological polar surface area (TPSA) is 12.0 Å². The van der Waals surface area contributed by atoms with E-state index < -0.39 is 11.7 Å². The summed E-state index contributed by atoms with van der Waals surface area (Å²) in [5.74, 6) is 0. The fourth-order valence-electron chi connectivity index (χ4n) is 1.67. The van der Waals surface area contributed by atoms with Gasteiger partial charge in [-0.2, -0.15) is 13.2 Å². The van der Waals surface area contributed by atoms with Gasteiger partial charge in [0.2, 0.25) is 0 Å². The lowest BCUT2D eigenvalue weighted by Gasteiger charge is -2.33. The molecular weight excluding hydrogens is 235 g/mol. The van der Waals surface area contributed by atoms with Crippen molar-refractivity contribution in [3.05, 3.63) is 23.8 Å². The number of hydrogen-bond acceptors (Lipinski definition) is 2. The first-order valence-electron chi connectivity index (χ1n) is 4.93. The number of hydrogen-bond donors (Lipinski definition) is 1. The van der Waals surface area contributed by atoms with E-state index in [9.17, 15) is 13.2 Å². The molecule has 0 amide bonds. The maximum atomic E-state index is 12.7. The van der Waals surface area contributed by atoms with Crippen LogP contribution in [0.5, 0.6) is 0 Å². The second-order valence-corrected chi connectivity index (χ2v) is 6.14. The number of rotatable bonds is 0. The molecule has 0 radical (unpaired) electrons. The third kappa shape index (κ3) is 2.14. The van der Waals surface area contributed by atoms with Crippen molar-refractivity contribution in [2.24, 2.45) is 0 Å². The summed E-state index contributed by atoms with van der Waals surface area (Å²) in [5, 5.41) is 2.89. The first-order valence-corrected chi connectivity index (χ1v) is 5.74. The zero-order valence-electron chi connectivity index (χ0n) is 8.98. The van der Waals surface area contributed by atoms with Gasteiger partial charge in [0.15, 0.2) is 0 Å². The van der Waals surface area contributed by atoms with Gasteiger partial charge < -0.3 is 5.32 Å². The van der Waals surface area contributed by atoms with Crippen LogP contribution in [0.4, 0.5) is 18.9 Å². The van der Waals surface area contributed by atoms with E-state index in [1.54, 1.807) is 6.07 Å². The first-order chi connectivity index (χ1) is 7.30. The van der Waals surface area contributed by atoms with E-state index in [4.69, 9.17) is 0 Å². The molecule has 88 valence electrons. The summed E-state index contributed by atoms with van der Waals surface area (Å²) >= 11 is 1.48. The Hall–Kier alpha value is -0.840. The van der Waals surface area contributed by atoms with Crippen molar-refractivity contribution in [3.8, 4) is 0 Å². The Bertz CT molecular complexity index is 412. The smallest absolute Gasteiger partial charge is 0.382 e. The maximum Gasteiger partial charge on any atom is 0.418 e. The zero-order chi connectivity index (χ0) is 12.0. The van der Waals surface area contributed by atoms with Crippen molar-refractivity contribution in [1.29, 1.82) is 0 Å². The van der Waals surface area contributed by atoms with E-state index >= 15 is 0 Å². The summed E-state index contributed by atoms with van der Waals surface area (Å²) in [5.41, 5.74) is -0.354. The van der Waals surface area contributed by atoms with Crippen LogP contribution in [0.1, 0.15) is 19.4 Å². The number of thioether (sulfide) groups is 1. The van der Waals surface area contributed by atoms with Crippen LogP contribution in [0.2, 0.25) is 0 Å². The number of anilines is 1. The molecule has 0 unspecified atom stereocenters. The summed E-state index contributed by atoms with van der Waals surface area (Å²) in [6.45, 7) is 4.56. The Kier molecular flexibility index (Phi) is 2.61. The lowest BCUT2D eigenvalue weighted by molar-refractivity contribution is -0.137. The van der Waals surface area contributed by atoms with Gasteiger partial charge in [-0.15, -0.1) is 11.8 Å². The average molecular weight is 247 g/mol. The highest BCUT2D eigenvalue weighted by molar-refractivity contribution is 8.00. The first kappa shape index (κ1) is 11.6. The largest absolute Gasteiger partial charge is 0.418 e. The zero-order valence-corrected chi connectivity index (χ0v) is 9.80. The second kappa shape index (κ2) is 3.58. The molecule has 1 heterocycles. The predicted molar refractivity (Wildman–Crippen MR) is 59.9 cm³/mol. The Labute approximate surface area is 96.4 Å². The molecule has 1 aliphatic heterocycles. The number of alkyl halides is 3. The van der Waals surface area contributed by atoms with E-state index in [0.717, 1.165) is 6.07 Å². The number of para-hydroxylation sites is 1.